The molecule has 1 aliphatic heterocycles. The van der Waals surface area contributed by atoms with Gasteiger partial charge in [0.15, 0.2) is 11.6 Å². The van der Waals surface area contributed by atoms with Crippen molar-refractivity contribution in [1.29, 1.82) is 0 Å². The summed E-state index contributed by atoms with van der Waals surface area (Å²) in [6.07, 6.45) is 5.61. The van der Waals surface area contributed by atoms with E-state index < -0.39 is 23.5 Å². The fraction of sp³-hybridized carbons (Fsp3) is 0.500. The summed E-state index contributed by atoms with van der Waals surface area (Å²) in [6.45, 7) is 1.59. The minimum absolute atomic E-state index is 0.00650. The lowest BCUT2D eigenvalue weighted by Gasteiger charge is -2.28. The lowest BCUT2D eigenvalue weighted by Crippen LogP contribution is -2.35. The quantitative estimate of drug-likeness (QED) is 0.650. The maximum absolute atomic E-state index is 14.3. The number of ether oxygens (including phenoxy) is 1. The van der Waals surface area contributed by atoms with Crippen LogP contribution in [0, 0.1) is 11.6 Å². The third-order valence-corrected chi connectivity index (χ3v) is 5.12. The molecular weight excluding hydrogens is 340 g/mol. The number of halogens is 2. The van der Waals surface area contributed by atoms with Crippen molar-refractivity contribution < 1.29 is 23.1 Å². The molecule has 26 heavy (non-hydrogen) atoms. The lowest BCUT2D eigenvalue weighted by atomic mass is 9.84. The topological polar surface area (TPSA) is 55.4 Å². The van der Waals surface area contributed by atoms with Crippen LogP contribution >= 0.6 is 0 Å². The summed E-state index contributed by atoms with van der Waals surface area (Å²) < 4.78 is 33.6. The van der Waals surface area contributed by atoms with Crippen molar-refractivity contribution in [3.05, 3.63) is 46.7 Å². The molecule has 1 heterocycles. The average Bonchev–Trinajstić information content (AvgIpc) is 2.85. The number of hydrogen-bond donors (Lipinski definition) is 1. The summed E-state index contributed by atoms with van der Waals surface area (Å²) in [5.74, 6) is -3.76. The zero-order valence-corrected chi connectivity index (χ0v) is 14.8. The van der Waals surface area contributed by atoms with Gasteiger partial charge in [-0.05, 0) is 44.2 Å². The highest BCUT2D eigenvalue weighted by atomic mass is 19.2. The van der Waals surface area contributed by atoms with Gasteiger partial charge in [0.25, 0.3) is 0 Å². The van der Waals surface area contributed by atoms with Gasteiger partial charge in [-0.1, -0.05) is 25.0 Å². The van der Waals surface area contributed by atoms with E-state index in [0.29, 0.717) is 5.70 Å². The normalized spacial score (nSPS) is 22.0. The molecule has 140 valence electrons. The van der Waals surface area contributed by atoms with Gasteiger partial charge in [-0.3, -0.25) is 4.79 Å². The molecule has 0 radical (unpaired) electrons. The Morgan fingerprint density at radius 3 is 2.54 bits per heavy atom. The Morgan fingerprint density at radius 2 is 1.85 bits per heavy atom. The third kappa shape index (κ3) is 3.94. The van der Waals surface area contributed by atoms with Gasteiger partial charge in [-0.2, -0.15) is 0 Å². The molecule has 0 bridgehead atoms. The Hall–Kier alpha value is -2.24. The highest BCUT2D eigenvalue weighted by Crippen LogP contribution is 2.36. The highest BCUT2D eigenvalue weighted by Gasteiger charge is 2.35. The van der Waals surface area contributed by atoms with E-state index in [4.69, 9.17) is 4.74 Å². The van der Waals surface area contributed by atoms with Gasteiger partial charge in [-0.25, -0.2) is 13.6 Å². The van der Waals surface area contributed by atoms with E-state index in [1.165, 1.54) is 12.1 Å². The fourth-order valence-corrected chi connectivity index (χ4v) is 3.80. The smallest absolute Gasteiger partial charge is 0.336 e. The lowest BCUT2D eigenvalue weighted by molar-refractivity contribution is -0.145. The monoisotopic (exact) mass is 363 g/mol. The van der Waals surface area contributed by atoms with Crippen molar-refractivity contribution in [1.82, 2.24) is 5.32 Å². The number of carbonyl (C=O) groups excluding carboxylic acids is 2. The van der Waals surface area contributed by atoms with Crippen molar-refractivity contribution in [2.45, 2.75) is 63.9 Å². The van der Waals surface area contributed by atoms with Crippen LogP contribution in [0.25, 0.3) is 0 Å². The molecule has 0 aromatic heterocycles. The highest BCUT2D eigenvalue weighted by molar-refractivity contribution is 5.95. The second kappa shape index (κ2) is 7.98. The summed E-state index contributed by atoms with van der Waals surface area (Å²) in [4.78, 5) is 24.8. The minimum Gasteiger partial charge on any atom is -0.459 e. The van der Waals surface area contributed by atoms with Crippen molar-refractivity contribution in [3.8, 4) is 0 Å². The summed E-state index contributed by atoms with van der Waals surface area (Å²) >= 11 is 0. The molecule has 2 aliphatic rings. The molecule has 0 unspecified atom stereocenters. The third-order valence-electron chi connectivity index (χ3n) is 5.12. The van der Waals surface area contributed by atoms with Crippen LogP contribution in [-0.4, -0.2) is 18.0 Å². The van der Waals surface area contributed by atoms with E-state index in [0.717, 1.165) is 44.6 Å². The maximum Gasteiger partial charge on any atom is 0.336 e. The molecular formula is C20H23F2NO3. The van der Waals surface area contributed by atoms with Crippen LogP contribution in [0.15, 0.2) is 29.5 Å². The first-order valence-electron chi connectivity index (χ1n) is 9.13. The van der Waals surface area contributed by atoms with Crippen LogP contribution in [0.3, 0.4) is 0 Å². The zero-order valence-electron chi connectivity index (χ0n) is 14.8. The number of esters is 1. The van der Waals surface area contributed by atoms with Crippen molar-refractivity contribution in [2.75, 3.05) is 0 Å². The molecule has 1 fully saturated rings. The van der Waals surface area contributed by atoms with Gasteiger partial charge in [0.05, 0.1) is 5.57 Å². The Kier molecular flexibility index (Phi) is 5.69. The Bertz CT molecular complexity index is 737. The molecule has 1 aromatic rings. The molecule has 4 nitrogen and oxygen atoms in total. The van der Waals surface area contributed by atoms with Gasteiger partial charge < -0.3 is 10.1 Å². The van der Waals surface area contributed by atoms with E-state index in [9.17, 15) is 18.4 Å². The second-order valence-corrected chi connectivity index (χ2v) is 7.01. The van der Waals surface area contributed by atoms with Crippen LogP contribution in [0.5, 0.6) is 0 Å². The Labute approximate surface area is 151 Å². The van der Waals surface area contributed by atoms with Gasteiger partial charge >= 0.3 is 5.97 Å². The van der Waals surface area contributed by atoms with Crippen LogP contribution in [-0.2, 0) is 14.3 Å². The standard InChI is InChI=1S/C20H23F2NO3/c1-12-18(20(25)26-13-7-4-2-3-5-8-13)15(11-17(24)23-12)14-9-6-10-16(21)19(14)22/h6,9-10,13,15H,2-5,7-8,11H2,1H3,(H,23,24)/t15-/m1/s1. The first-order chi connectivity index (χ1) is 12.5. The van der Waals surface area contributed by atoms with Crippen LogP contribution < -0.4 is 5.32 Å². The molecule has 1 aromatic carbocycles. The number of allylic oxidation sites excluding steroid dienone is 1. The van der Waals surface area contributed by atoms with E-state index in [1.54, 1.807) is 6.92 Å². The first-order valence-corrected chi connectivity index (χ1v) is 9.13. The Morgan fingerprint density at radius 1 is 1.15 bits per heavy atom. The summed E-state index contributed by atoms with van der Waals surface area (Å²) in [5.41, 5.74) is 0.555. The number of amides is 1. The molecule has 3 rings (SSSR count). The Balaban J connectivity index is 1.90. The predicted molar refractivity (Wildman–Crippen MR) is 92.1 cm³/mol. The SMILES string of the molecule is CC1=C(C(=O)OC2CCCCCC2)[C@@H](c2cccc(F)c2F)CC(=O)N1. The van der Waals surface area contributed by atoms with Gasteiger partial charge in [0.1, 0.15) is 6.10 Å². The largest absolute Gasteiger partial charge is 0.459 e. The number of benzene rings is 1. The number of hydrogen-bond acceptors (Lipinski definition) is 3. The summed E-state index contributed by atoms with van der Waals surface area (Å²) in [5, 5.41) is 2.62. The molecule has 1 atom stereocenters. The predicted octanol–water partition coefficient (Wildman–Crippen LogP) is 4.11. The van der Waals surface area contributed by atoms with Crippen molar-refractivity contribution in [2.24, 2.45) is 0 Å². The number of nitrogens with one attached hydrogen (secondary N) is 1. The molecule has 1 N–H and O–H groups in total. The molecule has 1 amide bonds. The number of carbonyl (C=O) groups is 2. The van der Waals surface area contributed by atoms with E-state index >= 15 is 0 Å². The van der Waals surface area contributed by atoms with E-state index in [-0.39, 0.29) is 29.6 Å². The van der Waals surface area contributed by atoms with Gasteiger partial charge in [-0.15, -0.1) is 0 Å². The van der Waals surface area contributed by atoms with Crippen molar-refractivity contribution >= 4 is 11.9 Å². The van der Waals surface area contributed by atoms with Crippen LogP contribution in [0.4, 0.5) is 8.78 Å². The molecule has 6 heteroatoms. The first kappa shape index (κ1) is 18.5. The average molecular weight is 363 g/mol. The molecule has 1 saturated carbocycles. The molecule has 0 saturated heterocycles. The summed E-state index contributed by atoms with van der Waals surface area (Å²) in [6, 6.07) is 3.81. The summed E-state index contributed by atoms with van der Waals surface area (Å²) in [7, 11) is 0. The van der Waals surface area contributed by atoms with Crippen LogP contribution in [0.2, 0.25) is 0 Å². The second-order valence-electron chi connectivity index (χ2n) is 7.01. The zero-order chi connectivity index (χ0) is 18.7. The van der Waals surface area contributed by atoms with Crippen molar-refractivity contribution in [3.63, 3.8) is 0 Å². The molecule has 1 aliphatic carbocycles. The van der Waals surface area contributed by atoms with E-state index in [2.05, 4.69) is 5.32 Å². The maximum atomic E-state index is 14.3. The van der Waals surface area contributed by atoms with E-state index in [1.807, 2.05) is 0 Å². The van der Waals surface area contributed by atoms with Gasteiger partial charge in [0, 0.05) is 18.0 Å². The van der Waals surface area contributed by atoms with Gasteiger partial charge in [0.2, 0.25) is 5.91 Å². The van der Waals surface area contributed by atoms with Crippen LogP contribution in [0.1, 0.15) is 63.4 Å². The number of rotatable bonds is 3. The molecule has 0 spiro atoms. The fourth-order valence-electron chi connectivity index (χ4n) is 3.80. The minimum atomic E-state index is -1.03.